The van der Waals surface area contributed by atoms with Crippen molar-refractivity contribution < 1.29 is 0 Å². The molecule has 0 radical (unpaired) electrons. The van der Waals surface area contributed by atoms with E-state index in [1.165, 1.54) is 32.1 Å². The molecule has 3 nitrogen and oxygen atoms in total. The first-order valence-electron chi connectivity index (χ1n) is 5.96. The molecule has 0 amide bonds. The van der Waals surface area contributed by atoms with Gasteiger partial charge in [-0.15, -0.1) is 4.99 Å². The fourth-order valence-electron chi connectivity index (χ4n) is 2.41. The van der Waals surface area contributed by atoms with E-state index in [9.17, 15) is 0 Å². The molecule has 0 bridgehead atoms. The predicted octanol–water partition coefficient (Wildman–Crippen LogP) is 3.09. The predicted molar refractivity (Wildman–Crippen MR) is 70.4 cm³/mol. The van der Waals surface area contributed by atoms with Crippen LogP contribution in [0.1, 0.15) is 39.0 Å². The average Bonchev–Trinajstić information content (AvgIpc) is 2.35. The van der Waals surface area contributed by atoms with Crippen LogP contribution in [0.2, 0.25) is 0 Å². The second-order valence-corrected chi connectivity index (χ2v) is 5.17. The molecule has 1 rings (SSSR count). The molecule has 1 aliphatic carbocycles. The Bertz CT molecular complexity index is 274. The maximum Gasteiger partial charge on any atom is 0.208 e. The van der Waals surface area contributed by atoms with Crippen molar-refractivity contribution in [2.75, 3.05) is 13.3 Å². The van der Waals surface area contributed by atoms with Crippen LogP contribution in [0.4, 0.5) is 0 Å². The number of hydrogen-bond acceptors (Lipinski definition) is 3. The summed E-state index contributed by atoms with van der Waals surface area (Å²) in [6.45, 7) is 2.28. The summed E-state index contributed by atoms with van der Waals surface area (Å²) in [5.74, 6) is 0.912. The van der Waals surface area contributed by atoms with E-state index < -0.39 is 0 Å². The Kier molecular flexibility index (Phi) is 5.68. The molecular formula is C12H21N3S. The van der Waals surface area contributed by atoms with Gasteiger partial charge in [-0.3, -0.25) is 0 Å². The van der Waals surface area contributed by atoms with Crippen LogP contribution in [-0.2, 0) is 0 Å². The van der Waals surface area contributed by atoms with Crippen molar-refractivity contribution in [3.63, 3.8) is 0 Å². The molecule has 16 heavy (non-hydrogen) atoms. The molecule has 0 N–H and O–H groups in total. The highest BCUT2D eigenvalue weighted by Crippen LogP contribution is 2.29. The number of amidine groups is 1. The van der Waals surface area contributed by atoms with Gasteiger partial charge in [0, 0.05) is 13.1 Å². The van der Waals surface area contributed by atoms with Gasteiger partial charge < -0.3 is 4.90 Å². The first kappa shape index (κ1) is 13.4. The first-order valence-corrected chi connectivity index (χ1v) is 7.19. The third-order valence-electron chi connectivity index (χ3n) is 3.57. The number of aliphatic imine (C=N–C) groups is 1. The van der Waals surface area contributed by atoms with Gasteiger partial charge in [-0.1, -0.05) is 25.1 Å². The minimum Gasteiger partial charge on any atom is -0.351 e. The standard InChI is InChI=1S/C12H21N3S/c1-4-10-5-7-11(8-6-10)15(2)12(16-3)14-9-13/h10-11H,4-8H2,1-3H3. The minimum atomic E-state index is 0.572. The number of nitrogens with zero attached hydrogens (tertiary/aromatic N) is 3. The van der Waals surface area contributed by atoms with Gasteiger partial charge in [0.05, 0.1) is 0 Å². The summed E-state index contributed by atoms with van der Waals surface area (Å²) in [4.78, 5) is 6.05. The molecule has 0 saturated heterocycles. The van der Waals surface area contributed by atoms with Crippen LogP contribution in [0.15, 0.2) is 4.99 Å². The molecule has 0 heterocycles. The molecule has 0 aliphatic heterocycles. The minimum absolute atomic E-state index is 0.572. The van der Waals surface area contributed by atoms with E-state index in [0.29, 0.717) is 6.04 Å². The molecule has 4 heteroatoms. The zero-order valence-corrected chi connectivity index (χ0v) is 11.3. The second-order valence-electron chi connectivity index (χ2n) is 4.39. The first-order chi connectivity index (χ1) is 7.72. The molecule has 90 valence electrons. The summed E-state index contributed by atoms with van der Waals surface area (Å²) in [7, 11) is 2.06. The number of hydrogen-bond donors (Lipinski definition) is 0. The SMILES string of the molecule is CCC1CCC(N(C)C(=NC#N)SC)CC1. The van der Waals surface area contributed by atoms with E-state index in [4.69, 9.17) is 5.26 Å². The Morgan fingerprint density at radius 3 is 2.50 bits per heavy atom. The van der Waals surface area contributed by atoms with Crippen molar-refractivity contribution in [2.45, 2.75) is 45.1 Å². The van der Waals surface area contributed by atoms with Gasteiger partial charge in [0.15, 0.2) is 5.17 Å². The highest BCUT2D eigenvalue weighted by atomic mass is 32.2. The molecule has 1 fully saturated rings. The Labute approximate surface area is 103 Å². The smallest absolute Gasteiger partial charge is 0.208 e. The van der Waals surface area contributed by atoms with Gasteiger partial charge in [0.1, 0.15) is 0 Å². The molecule has 0 aromatic rings. The quantitative estimate of drug-likeness (QED) is 0.422. The van der Waals surface area contributed by atoms with Crippen LogP contribution in [0.5, 0.6) is 0 Å². The Morgan fingerprint density at radius 2 is 2.06 bits per heavy atom. The van der Waals surface area contributed by atoms with Crippen LogP contribution in [-0.4, -0.2) is 29.4 Å². The van der Waals surface area contributed by atoms with Crippen molar-refractivity contribution in [1.82, 2.24) is 4.90 Å². The second kappa shape index (κ2) is 6.80. The van der Waals surface area contributed by atoms with E-state index in [2.05, 4.69) is 23.9 Å². The summed E-state index contributed by atoms with van der Waals surface area (Å²) in [6.07, 6.45) is 10.3. The maximum absolute atomic E-state index is 8.62. The van der Waals surface area contributed by atoms with Gasteiger partial charge in [-0.2, -0.15) is 5.26 Å². The lowest BCUT2D eigenvalue weighted by Crippen LogP contribution is -2.38. The van der Waals surface area contributed by atoms with Crippen molar-refractivity contribution in [1.29, 1.82) is 5.26 Å². The van der Waals surface area contributed by atoms with E-state index in [-0.39, 0.29) is 0 Å². The normalized spacial score (nSPS) is 26.2. The maximum atomic E-state index is 8.62. The summed E-state index contributed by atoms with van der Waals surface area (Å²) in [5, 5.41) is 9.47. The highest BCUT2D eigenvalue weighted by Gasteiger charge is 2.24. The average molecular weight is 239 g/mol. The van der Waals surface area contributed by atoms with Gasteiger partial charge in [-0.25, -0.2) is 0 Å². The lowest BCUT2D eigenvalue weighted by Gasteiger charge is -2.35. The number of thioether (sulfide) groups is 1. The third kappa shape index (κ3) is 3.41. The Balaban J connectivity index is 2.53. The van der Waals surface area contributed by atoms with E-state index in [1.54, 1.807) is 11.8 Å². The van der Waals surface area contributed by atoms with Crippen LogP contribution < -0.4 is 0 Å². The summed E-state index contributed by atoms with van der Waals surface area (Å²) >= 11 is 1.56. The lowest BCUT2D eigenvalue weighted by atomic mass is 9.84. The zero-order chi connectivity index (χ0) is 12.0. The van der Waals surface area contributed by atoms with Crippen molar-refractivity contribution in [3.05, 3.63) is 0 Å². The molecule has 0 aromatic carbocycles. The van der Waals surface area contributed by atoms with Gasteiger partial charge in [0.25, 0.3) is 0 Å². The van der Waals surface area contributed by atoms with Crippen LogP contribution in [0, 0.1) is 17.4 Å². The Morgan fingerprint density at radius 1 is 1.44 bits per heavy atom. The van der Waals surface area contributed by atoms with Crippen LogP contribution >= 0.6 is 11.8 Å². The van der Waals surface area contributed by atoms with Crippen molar-refractivity contribution in [2.24, 2.45) is 10.9 Å². The van der Waals surface area contributed by atoms with E-state index in [1.807, 2.05) is 12.4 Å². The summed E-state index contributed by atoms with van der Waals surface area (Å²) < 4.78 is 0. The monoisotopic (exact) mass is 239 g/mol. The number of nitriles is 1. The summed E-state index contributed by atoms with van der Waals surface area (Å²) in [6, 6.07) is 0.572. The number of rotatable bonds is 2. The van der Waals surface area contributed by atoms with Gasteiger partial charge in [-0.05, 0) is 37.9 Å². The Hall–Kier alpha value is -0.690. The van der Waals surface area contributed by atoms with E-state index in [0.717, 1.165) is 11.1 Å². The molecule has 0 aromatic heterocycles. The lowest BCUT2D eigenvalue weighted by molar-refractivity contribution is 0.229. The van der Waals surface area contributed by atoms with E-state index >= 15 is 0 Å². The van der Waals surface area contributed by atoms with Crippen molar-refractivity contribution >= 4 is 16.9 Å². The third-order valence-corrected chi connectivity index (χ3v) is 4.32. The fraction of sp³-hybridized carbons (Fsp3) is 0.833. The van der Waals surface area contributed by atoms with Gasteiger partial charge >= 0.3 is 0 Å². The van der Waals surface area contributed by atoms with Gasteiger partial charge in [0.2, 0.25) is 6.19 Å². The molecule has 1 saturated carbocycles. The van der Waals surface area contributed by atoms with Crippen LogP contribution in [0.25, 0.3) is 0 Å². The molecule has 1 aliphatic rings. The highest BCUT2D eigenvalue weighted by molar-refractivity contribution is 8.13. The zero-order valence-electron chi connectivity index (χ0n) is 10.4. The van der Waals surface area contributed by atoms with Crippen molar-refractivity contribution in [3.8, 4) is 6.19 Å². The van der Waals surface area contributed by atoms with Crippen LogP contribution in [0.3, 0.4) is 0 Å². The topological polar surface area (TPSA) is 39.4 Å². The molecule has 0 atom stereocenters. The molecule has 0 spiro atoms. The largest absolute Gasteiger partial charge is 0.351 e. The molecular weight excluding hydrogens is 218 g/mol. The molecule has 0 unspecified atom stereocenters. The fourth-order valence-corrected chi connectivity index (χ4v) is 2.98. The summed E-state index contributed by atoms with van der Waals surface area (Å²) in [5.41, 5.74) is 0.